The van der Waals surface area contributed by atoms with Crippen LogP contribution in [0, 0.1) is 5.82 Å². The Balaban J connectivity index is 1.93. The van der Waals surface area contributed by atoms with E-state index >= 15 is 0 Å². The molecule has 102 valence electrons. The third-order valence-electron chi connectivity index (χ3n) is 4.65. The van der Waals surface area contributed by atoms with E-state index in [2.05, 4.69) is 4.90 Å². The monoisotopic (exact) mass is 261 g/mol. The molecule has 0 atom stereocenters. The van der Waals surface area contributed by atoms with E-state index in [-0.39, 0.29) is 17.1 Å². The maximum Gasteiger partial charge on any atom is 0.183 e. The van der Waals surface area contributed by atoms with Crippen LogP contribution in [0.1, 0.15) is 48.9 Å². The minimum atomic E-state index is -0.343. The minimum Gasteiger partial charge on any atom is -0.292 e. The van der Waals surface area contributed by atoms with Gasteiger partial charge in [0.1, 0.15) is 5.82 Å². The first-order valence-corrected chi connectivity index (χ1v) is 7.28. The van der Waals surface area contributed by atoms with E-state index in [1.807, 2.05) is 0 Å². The molecule has 0 N–H and O–H groups in total. The molecule has 0 radical (unpaired) electrons. The molecule has 1 aliphatic heterocycles. The van der Waals surface area contributed by atoms with Gasteiger partial charge in [-0.15, -0.1) is 0 Å². The number of hydrogen-bond acceptors (Lipinski definition) is 2. The van der Waals surface area contributed by atoms with E-state index in [0.29, 0.717) is 5.56 Å². The van der Waals surface area contributed by atoms with Gasteiger partial charge in [-0.05, 0) is 50.9 Å². The molecule has 19 heavy (non-hydrogen) atoms. The van der Waals surface area contributed by atoms with E-state index in [4.69, 9.17) is 0 Å². The average molecular weight is 261 g/mol. The van der Waals surface area contributed by atoms with Gasteiger partial charge in [-0.25, -0.2) is 4.39 Å². The smallest absolute Gasteiger partial charge is 0.183 e. The summed E-state index contributed by atoms with van der Waals surface area (Å²) in [6.45, 7) is 2.03. The van der Waals surface area contributed by atoms with Crippen LogP contribution >= 0.6 is 0 Å². The summed E-state index contributed by atoms with van der Waals surface area (Å²) >= 11 is 0. The van der Waals surface area contributed by atoms with Crippen LogP contribution in [0.15, 0.2) is 24.3 Å². The SMILES string of the molecule is O=C(c1cccc(F)c1)C1(N2CCCC2)CCCC1. The van der Waals surface area contributed by atoms with Crippen LogP contribution in [-0.4, -0.2) is 29.3 Å². The van der Waals surface area contributed by atoms with E-state index in [1.54, 1.807) is 12.1 Å². The van der Waals surface area contributed by atoms with Gasteiger partial charge in [0.25, 0.3) is 0 Å². The maximum atomic E-state index is 13.4. The number of likely N-dealkylation sites (tertiary alicyclic amines) is 1. The van der Waals surface area contributed by atoms with Gasteiger partial charge in [-0.3, -0.25) is 9.69 Å². The van der Waals surface area contributed by atoms with Crippen molar-refractivity contribution in [2.75, 3.05) is 13.1 Å². The van der Waals surface area contributed by atoms with Crippen molar-refractivity contribution < 1.29 is 9.18 Å². The first-order valence-electron chi connectivity index (χ1n) is 7.28. The Hall–Kier alpha value is -1.22. The van der Waals surface area contributed by atoms with E-state index < -0.39 is 0 Å². The predicted octanol–water partition coefficient (Wildman–Crippen LogP) is 3.42. The molecule has 0 amide bonds. The molecular formula is C16H20FNO. The highest BCUT2D eigenvalue weighted by Gasteiger charge is 2.46. The molecule has 3 rings (SSSR count). The zero-order valence-corrected chi connectivity index (χ0v) is 11.2. The lowest BCUT2D eigenvalue weighted by atomic mass is 9.86. The van der Waals surface area contributed by atoms with Crippen molar-refractivity contribution in [1.82, 2.24) is 4.90 Å². The second kappa shape index (κ2) is 5.04. The molecular weight excluding hydrogens is 241 g/mol. The van der Waals surface area contributed by atoms with Crippen molar-refractivity contribution in [3.05, 3.63) is 35.6 Å². The van der Waals surface area contributed by atoms with Crippen LogP contribution in [0.4, 0.5) is 4.39 Å². The first kappa shape index (κ1) is 12.8. The van der Waals surface area contributed by atoms with Gasteiger partial charge in [-0.1, -0.05) is 25.0 Å². The number of carbonyl (C=O) groups is 1. The van der Waals surface area contributed by atoms with Crippen molar-refractivity contribution in [2.24, 2.45) is 0 Å². The third-order valence-corrected chi connectivity index (χ3v) is 4.65. The second-order valence-corrected chi connectivity index (χ2v) is 5.77. The Morgan fingerprint density at radius 2 is 1.79 bits per heavy atom. The molecule has 3 heteroatoms. The van der Waals surface area contributed by atoms with Gasteiger partial charge >= 0.3 is 0 Å². The van der Waals surface area contributed by atoms with E-state index in [9.17, 15) is 9.18 Å². The Kier molecular flexibility index (Phi) is 3.40. The Morgan fingerprint density at radius 1 is 1.11 bits per heavy atom. The molecule has 2 nitrogen and oxygen atoms in total. The highest BCUT2D eigenvalue weighted by atomic mass is 19.1. The lowest BCUT2D eigenvalue weighted by molar-refractivity contribution is 0.0626. The van der Waals surface area contributed by atoms with Crippen LogP contribution in [0.5, 0.6) is 0 Å². The van der Waals surface area contributed by atoms with Crippen molar-refractivity contribution in [1.29, 1.82) is 0 Å². The topological polar surface area (TPSA) is 20.3 Å². The summed E-state index contributed by atoms with van der Waals surface area (Å²) in [5, 5.41) is 0. The largest absolute Gasteiger partial charge is 0.292 e. The maximum absolute atomic E-state index is 13.4. The first-order chi connectivity index (χ1) is 9.22. The number of hydrogen-bond donors (Lipinski definition) is 0. The molecule has 0 bridgehead atoms. The number of halogens is 1. The number of nitrogens with zero attached hydrogens (tertiary/aromatic N) is 1. The summed E-state index contributed by atoms with van der Waals surface area (Å²) in [5.74, 6) is -0.188. The summed E-state index contributed by atoms with van der Waals surface area (Å²) < 4.78 is 13.4. The van der Waals surface area contributed by atoms with Crippen molar-refractivity contribution in [3.63, 3.8) is 0 Å². The number of rotatable bonds is 3. The molecule has 1 aromatic rings. The molecule has 0 aromatic heterocycles. The van der Waals surface area contributed by atoms with Crippen molar-refractivity contribution in [3.8, 4) is 0 Å². The normalized spacial score (nSPS) is 22.8. The quantitative estimate of drug-likeness (QED) is 0.777. The molecule has 1 saturated carbocycles. The highest BCUT2D eigenvalue weighted by molar-refractivity contribution is 6.03. The minimum absolute atomic E-state index is 0.131. The summed E-state index contributed by atoms with van der Waals surface area (Å²) in [6.07, 6.45) is 6.44. The van der Waals surface area contributed by atoms with Crippen LogP contribution in [0.2, 0.25) is 0 Å². The fourth-order valence-corrected chi connectivity index (χ4v) is 3.69. The Labute approximate surface area is 113 Å². The summed E-state index contributed by atoms with van der Waals surface area (Å²) in [6, 6.07) is 6.17. The molecule has 1 aliphatic carbocycles. The molecule has 1 heterocycles. The number of ketones is 1. The summed E-state index contributed by atoms with van der Waals surface area (Å²) in [7, 11) is 0. The number of carbonyl (C=O) groups excluding carboxylic acids is 1. The Bertz CT molecular complexity index is 473. The van der Waals surface area contributed by atoms with Crippen LogP contribution in [0.3, 0.4) is 0 Å². The van der Waals surface area contributed by atoms with Gasteiger partial charge in [0.2, 0.25) is 0 Å². The summed E-state index contributed by atoms with van der Waals surface area (Å²) in [4.78, 5) is 15.3. The zero-order valence-electron chi connectivity index (χ0n) is 11.2. The van der Waals surface area contributed by atoms with Gasteiger partial charge in [-0.2, -0.15) is 0 Å². The highest BCUT2D eigenvalue weighted by Crippen LogP contribution is 2.39. The predicted molar refractivity (Wildman–Crippen MR) is 72.7 cm³/mol. The number of Topliss-reactive ketones (excluding diaryl/α,β-unsaturated/α-hetero) is 1. The molecule has 0 spiro atoms. The lowest BCUT2D eigenvalue weighted by Gasteiger charge is -2.37. The van der Waals surface area contributed by atoms with E-state index in [0.717, 1.165) is 38.8 Å². The van der Waals surface area contributed by atoms with Gasteiger partial charge in [0.15, 0.2) is 5.78 Å². The van der Waals surface area contributed by atoms with Gasteiger partial charge in [0, 0.05) is 5.56 Å². The van der Waals surface area contributed by atoms with Gasteiger partial charge in [0.05, 0.1) is 5.54 Å². The average Bonchev–Trinajstić information content (AvgIpc) is 3.09. The third kappa shape index (κ3) is 2.20. The lowest BCUT2D eigenvalue weighted by Crippen LogP contribution is -2.51. The summed E-state index contributed by atoms with van der Waals surface area (Å²) in [5.41, 5.74) is 0.193. The van der Waals surface area contributed by atoms with Crippen molar-refractivity contribution >= 4 is 5.78 Å². The standard InChI is InChI=1S/C16H20FNO/c17-14-7-5-6-13(12-14)15(19)16(8-1-2-9-16)18-10-3-4-11-18/h5-7,12H,1-4,8-11H2. The Morgan fingerprint density at radius 3 is 2.42 bits per heavy atom. The molecule has 2 aliphatic rings. The van der Waals surface area contributed by atoms with Gasteiger partial charge < -0.3 is 0 Å². The zero-order chi connectivity index (χ0) is 13.3. The number of benzene rings is 1. The van der Waals surface area contributed by atoms with Crippen LogP contribution in [0.25, 0.3) is 0 Å². The van der Waals surface area contributed by atoms with Crippen LogP contribution < -0.4 is 0 Å². The molecule has 0 unspecified atom stereocenters. The second-order valence-electron chi connectivity index (χ2n) is 5.77. The molecule has 1 aromatic carbocycles. The molecule has 1 saturated heterocycles. The fraction of sp³-hybridized carbons (Fsp3) is 0.562. The van der Waals surface area contributed by atoms with Crippen LogP contribution in [-0.2, 0) is 0 Å². The molecule has 2 fully saturated rings. The fourth-order valence-electron chi connectivity index (χ4n) is 3.69. The van der Waals surface area contributed by atoms with Crippen molar-refractivity contribution in [2.45, 2.75) is 44.1 Å². The van der Waals surface area contributed by atoms with E-state index in [1.165, 1.54) is 25.0 Å².